The molecule has 1 aromatic rings. The monoisotopic (exact) mass is 350 g/mol. The van der Waals surface area contributed by atoms with E-state index in [0.29, 0.717) is 36.6 Å². The second kappa shape index (κ2) is 6.72. The summed E-state index contributed by atoms with van der Waals surface area (Å²) in [7, 11) is 2.99. The van der Waals surface area contributed by atoms with E-state index >= 15 is 0 Å². The number of carbonyl (C=O) groups excluding carboxylic acids is 3. The minimum absolute atomic E-state index is 0.181. The summed E-state index contributed by atoms with van der Waals surface area (Å²) in [6, 6.07) is 4.89. The average molecular weight is 350 g/mol. The van der Waals surface area contributed by atoms with Crippen LogP contribution in [0.2, 0.25) is 0 Å². The molecule has 2 saturated heterocycles. The van der Waals surface area contributed by atoms with Gasteiger partial charge >= 0.3 is 0 Å². The Morgan fingerprint density at radius 3 is 2.42 bits per heavy atom. The van der Waals surface area contributed by atoms with Crippen molar-refractivity contribution in [2.45, 2.75) is 12.5 Å². The van der Waals surface area contributed by atoms with E-state index in [0.717, 1.165) is 11.8 Å². The van der Waals surface area contributed by atoms with Crippen LogP contribution < -0.4 is 9.47 Å². The van der Waals surface area contributed by atoms with Gasteiger partial charge in [0.2, 0.25) is 5.91 Å². The van der Waals surface area contributed by atoms with Crippen LogP contribution in [0.4, 0.5) is 4.79 Å². The summed E-state index contributed by atoms with van der Waals surface area (Å²) in [6.07, 6.45) is 0.585. The van der Waals surface area contributed by atoms with Gasteiger partial charge in [0.05, 0.1) is 26.0 Å². The van der Waals surface area contributed by atoms with Gasteiger partial charge < -0.3 is 14.4 Å². The lowest BCUT2D eigenvalue weighted by atomic mass is 10.1. The minimum atomic E-state index is -0.260. The van der Waals surface area contributed by atoms with Crippen LogP contribution in [0.25, 0.3) is 0 Å². The van der Waals surface area contributed by atoms with Crippen molar-refractivity contribution in [3.05, 3.63) is 23.8 Å². The lowest BCUT2D eigenvalue weighted by Crippen LogP contribution is -2.41. The SMILES string of the molecule is COc1cccc(OC)c1C(=O)N1CCC(N2C(=O)CSC2=O)C1. The van der Waals surface area contributed by atoms with Crippen molar-refractivity contribution < 1.29 is 23.9 Å². The van der Waals surface area contributed by atoms with Crippen LogP contribution in [0.5, 0.6) is 11.5 Å². The molecule has 2 heterocycles. The van der Waals surface area contributed by atoms with Crippen LogP contribution in [0.1, 0.15) is 16.8 Å². The Bertz CT molecular complexity index is 655. The largest absolute Gasteiger partial charge is 0.496 e. The first-order valence-electron chi connectivity index (χ1n) is 7.56. The van der Waals surface area contributed by atoms with Crippen molar-refractivity contribution in [2.75, 3.05) is 33.1 Å². The van der Waals surface area contributed by atoms with E-state index in [9.17, 15) is 14.4 Å². The van der Waals surface area contributed by atoms with Crippen molar-refractivity contribution >= 4 is 28.8 Å². The van der Waals surface area contributed by atoms with Gasteiger partial charge in [-0.25, -0.2) is 0 Å². The maximum Gasteiger partial charge on any atom is 0.289 e. The lowest BCUT2D eigenvalue weighted by molar-refractivity contribution is -0.126. The van der Waals surface area contributed by atoms with Gasteiger partial charge in [0, 0.05) is 13.1 Å². The number of likely N-dealkylation sites (tertiary alicyclic amines) is 1. The second-order valence-electron chi connectivity index (χ2n) is 5.55. The summed E-state index contributed by atoms with van der Waals surface area (Å²) in [6.45, 7) is 0.810. The Labute approximate surface area is 143 Å². The molecule has 0 saturated carbocycles. The zero-order valence-electron chi connectivity index (χ0n) is 13.5. The van der Waals surface area contributed by atoms with E-state index in [4.69, 9.17) is 9.47 Å². The molecular weight excluding hydrogens is 332 g/mol. The Balaban J connectivity index is 1.80. The molecule has 0 N–H and O–H groups in total. The highest BCUT2D eigenvalue weighted by Crippen LogP contribution is 2.32. The lowest BCUT2D eigenvalue weighted by Gasteiger charge is -2.23. The highest BCUT2D eigenvalue weighted by atomic mass is 32.2. The molecule has 1 unspecified atom stereocenters. The number of carbonyl (C=O) groups is 3. The number of thioether (sulfide) groups is 1. The molecular formula is C16H18N2O5S. The summed E-state index contributed by atoms with van der Waals surface area (Å²) in [4.78, 5) is 39.5. The van der Waals surface area contributed by atoms with E-state index < -0.39 is 0 Å². The third kappa shape index (κ3) is 2.82. The van der Waals surface area contributed by atoms with Gasteiger partial charge in [0.1, 0.15) is 17.1 Å². The maximum atomic E-state index is 12.9. The topological polar surface area (TPSA) is 76.2 Å². The molecule has 0 bridgehead atoms. The number of methoxy groups -OCH3 is 2. The molecule has 2 aliphatic rings. The fourth-order valence-corrected chi connectivity index (χ4v) is 3.85. The molecule has 0 spiro atoms. The Morgan fingerprint density at radius 1 is 1.21 bits per heavy atom. The quantitative estimate of drug-likeness (QED) is 0.821. The third-order valence-electron chi connectivity index (χ3n) is 4.24. The van der Waals surface area contributed by atoms with Crippen LogP contribution in [-0.4, -0.2) is 66.0 Å². The van der Waals surface area contributed by atoms with Gasteiger partial charge in [-0.15, -0.1) is 0 Å². The van der Waals surface area contributed by atoms with Crippen molar-refractivity contribution in [1.82, 2.24) is 9.80 Å². The number of rotatable bonds is 4. The van der Waals surface area contributed by atoms with Gasteiger partial charge in [-0.3, -0.25) is 19.3 Å². The summed E-state index contributed by atoms with van der Waals surface area (Å²) < 4.78 is 10.6. The first-order chi connectivity index (χ1) is 11.6. The molecule has 3 amide bonds. The molecule has 1 aromatic carbocycles. The van der Waals surface area contributed by atoms with Gasteiger partial charge in [-0.05, 0) is 18.6 Å². The number of hydrogen-bond donors (Lipinski definition) is 0. The zero-order chi connectivity index (χ0) is 17.3. The summed E-state index contributed by atoms with van der Waals surface area (Å²) in [5.74, 6) is 0.653. The Hall–Kier alpha value is -2.22. The van der Waals surface area contributed by atoms with E-state index in [2.05, 4.69) is 0 Å². The number of nitrogens with zero attached hydrogens (tertiary/aromatic N) is 2. The molecule has 128 valence electrons. The molecule has 8 heteroatoms. The Morgan fingerprint density at radius 2 is 1.88 bits per heavy atom. The van der Waals surface area contributed by atoms with Crippen molar-refractivity contribution in [1.29, 1.82) is 0 Å². The fraction of sp³-hybridized carbons (Fsp3) is 0.438. The first kappa shape index (κ1) is 16.6. The molecule has 0 aliphatic carbocycles. The normalized spacial score (nSPS) is 20.7. The highest BCUT2D eigenvalue weighted by Gasteiger charge is 2.41. The zero-order valence-corrected chi connectivity index (χ0v) is 14.3. The fourth-order valence-electron chi connectivity index (χ4n) is 3.07. The van der Waals surface area contributed by atoms with Crippen molar-refractivity contribution in [3.8, 4) is 11.5 Å². The van der Waals surface area contributed by atoms with Crippen LogP contribution in [0, 0.1) is 0 Å². The smallest absolute Gasteiger partial charge is 0.289 e. The maximum absolute atomic E-state index is 12.9. The summed E-state index contributed by atoms with van der Waals surface area (Å²) in [5.41, 5.74) is 0.358. The average Bonchev–Trinajstić information content (AvgIpc) is 3.20. The number of ether oxygens (including phenoxy) is 2. The molecule has 0 radical (unpaired) electrons. The predicted octanol–water partition coefficient (Wildman–Crippen LogP) is 1.61. The summed E-state index contributed by atoms with van der Waals surface area (Å²) >= 11 is 1.01. The number of benzene rings is 1. The highest BCUT2D eigenvalue weighted by molar-refractivity contribution is 8.14. The molecule has 1 atom stereocenters. The standard InChI is InChI=1S/C16H18N2O5S/c1-22-11-4-3-5-12(23-2)14(11)15(20)17-7-6-10(8-17)18-13(19)9-24-16(18)21/h3-5,10H,6-9H2,1-2H3. The van der Waals surface area contributed by atoms with Gasteiger partial charge in [-0.2, -0.15) is 0 Å². The first-order valence-corrected chi connectivity index (χ1v) is 8.54. The van der Waals surface area contributed by atoms with E-state index in [1.165, 1.54) is 19.1 Å². The molecule has 0 aromatic heterocycles. The van der Waals surface area contributed by atoms with Crippen molar-refractivity contribution in [2.24, 2.45) is 0 Å². The molecule has 24 heavy (non-hydrogen) atoms. The van der Waals surface area contributed by atoms with Gasteiger partial charge in [-0.1, -0.05) is 17.8 Å². The van der Waals surface area contributed by atoms with Gasteiger partial charge in [0.25, 0.3) is 11.1 Å². The van der Waals surface area contributed by atoms with E-state index in [1.807, 2.05) is 0 Å². The number of hydrogen-bond acceptors (Lipinski definition) is 6. The minimum Gasteiger partial charge on any atom is -0.496 e. The van der Waals surface area contributed by atoms with Crippen LogP contribution >= 0.6 is 11.8 Å². The molecule has 7 nitrogen and oxygen atoms in total. The molecule has 2 aliphatic heterocycles. The number of imide groups is 1. The Kier molecular flexibility index (Phi) is 4.66. The third-order valence-corrected chi connectivity index (χ3v) is 5.08. The second-order valence-corrected chi connectivity index (χ2v) is 6.48. The van der Waals surface area contributed by atoms with E-state index in [-0.39, 0.29) is 28.8 Å². The van der Waals surface area contributed by atoms with E-state index in [1.54, 1.807) is 23.1 Å². The predicted molar refractivity (Wildman–Crippen MR) is 88.6 cm³/mol. The van der Waals surface area contributed by atoms with Crippen LogP contribution in [-0.2, 0) is 4.79 Å². The molecule has 3 rings (SSSR count). The molecule has 2 fully saturated rings. The van der Waals surface area contributed by atoms with Crippen LogP contribution in [0.15, 0.2) is 18.2 Å². The van der Waals surface area contributed by atoms with Crippen LogP contribution in [0.3, 0.4) is 0 Å². The summed E-state index contributed by atoms with van der Waals surface area (Å²) in [5, 5.41) is -0.228. The number of amides is 3. The van der Waals surface area contributed by atoms with Gasteiger partial charge in [0.15, 0.2) is 0 Å². The van der Waals surface area contributed by atoms with Crippen molar-refractivity contribution in [3.63, 3.8) is 0 Å².